The molecule has 2 aromatic rings. The molecular formula is C15H24N6O4. The van der Waals surface area contributed by atoms with E-state index >= 15 is 0 Å². The van der Waals surface area contributed by atoms with Gasteiger partial charge < -0.3 is 31.2 Å². The van der Waals surface area contributed by atoms with Crippen molar-refractivity contribution in [3.05, 3.63) is 12.7 Å². The molecule has 3 heterocycles. The van der Waals surface area contributed by atoms with Crippen LogP contribution in [0, 0.1) is 0 Å². The van der Waals surface area contributed by atoms with Gasteiger partial charge in [0.1, 0.15) is 30.2 Å². The first-order valence-electron chi connectivity index (χ1n) is 8.36. The van der Waals surface area contributed by atoms with Crippen molar-refractivity contribution in [3.63, 3.8) is 0 Å². The summed E-state index contributed by atoms with van der Waals surface area (Å²) in [4.78, 5) is 12.3. The van der Waals surface area contributed by atoms with E-state index in [-0.39, 0.29) is 12.4 Å². The average molecular weight is 352 g/mol. The molecule has 2 unspecified atom stereocenters. The van der Waals surface area contributed by atoms with Crippen molar-refractivity contribution in [1.29, 1.82) is 0 Å². The fourth-order valence-corrected chi connectivity index (χ4v) is 2.97. The minimum atomic E-state index is -0.957. The summed E-state index contributed by atoms with van der Waals surface area (Å²) in [5, 5.41) is 19.9. The first kappa shape index (κ1) is 18.0. The van der Waals surface area contributed by atoms with Crippen LogP contribution in [0.1, 0.15) is 25.5 Å². The van der Waals surface area contributed by atoms with Gasteiger partial charge in [-0.05, 0) is 25.8 Å². The Kier molecular flexibility index (Phi) is 5.76. The minimum Gasteiger partial charge on any atom is -0.394 e. The summed E-state index contributed by atoms with van der Waals surface area (Å²) < 4.78 is 13.3. The molecule has 0 aliphatic carbocycles. The second-order valence-electron chi connectivity index (χ2n) is 6.01. The zero-order chi connectivity index (χ0) is 17.8. The van der Waals surface area contributed by atoms with Gasteiger partial charge in [0.25, 0.3) is 0 Å². The standard InChI is InChI=1S/C15H24N6O4/c16-4-2-1-3-5-24-12-11(23)9(6-22)25-15(12)21-8-20-10-13(17)18-7-19-14(10)21/h7-9,11-12,15,22-23H,1-6,16H2,(H2,17,18,19)/t9-,11?,12?,15-/m1/s1. The van der Waals surface area contributed by atoms with E-state index < -0.39 is 24.5 Å². The predicted molar refractivity (Wildman–Crippen MR) is 89.4 cm³/mol. The quantitative estimate of drug-likeness (QED) is 0.446. The lowest BCUT2D eigenvalue weighted by Gasteiger charge is -2.22. The summed E-state index contributed by atoms with van der Waals surface area (Å²) in [7, 11) is 0. The zero-order valence-electron chi connectivity index (χ0n) is 13.9. The van der Waals surface area contributed by atoms with Crippen molar-refractivity contribution in [2.24, 2.45) is 5.73 Å². The molecule has 3 rings (SSSR count). The van der Waals surface area contributed by atoms with Crippen LogP contribution in [-0.4, -0.2) is 67.8 Å². The maximum absolute atomic E-state index is 10.4. The molecule has 6 N–H and O–H groups in total. The Bertz CT molecular complexity index is 696. The SMILES string of the molecule is NCCCCCOC1C(O)[C@@H](CO)O[C@H]1n1cnc2c(N)ncnc21. The molecule has 25 heavy (non-hydrogen) atoms. The van der Waals surface area contributed by atoms with Crippen LogP contribution in [0.3, 0.4) is 0 Å². The third-order valence-electron chi connectivity index (χ3n) is 4.31. The third-order valence-corrected chi connectivity index (χ3v) is 4.31. The van der Waals surface area contributed by atoms with Gasteiger partial charge in [-0.25, -0.2) is 15.0 Å². The Morgan fingerprint density at radius 1 is 1.24 bits per heavy atom. The molecule has 0 saturated carbocycles. The highest BCUT2D eigenvalue weighted by Gasteiger charge is 2.45. The Balaban J connectivity index is 1.79. The number of aromatic nitrogens is 4. The predicted octanol–water partition coefficient (Wildman–Crippen LogP) is -0.827. The van der Waals surface area contributed by atoms with Gasteiger partial charge in [0.05, 0.1) is 12.9 Å². The fraction of sp³-hybridized carbons (Fsp3) is 0.667. The van der Waals surface area contributed by atoms with Crippen molar-refractivity contribution in [3.8, 4) is 0 Å². The first-order valence-corrected chi connectivity index (χ1v) is 8.36. The van der Waals surface area contributed by atoms with Gasteiger partial charge in [-0.3, -0.25) is 4.57 Å². The second kappa shape index (κ2) is 8.02. The first-order chi connectivity index (χ1) is 12.2. The highest BCUT2D eigenvalue weighted by Crippen LogP contribution is 2.34. The number of ether oxygens (including phenoxy) is 2. The molecule has 138 valence electrons. The normalized spacial score (nSPS) is 26.5. The second-order valence-corrected chi connectivity index (χ2v) is 6.01. The zero-order valence-corrected chi connectivity index (χ0v) is 13.9. The Hall–Kier alpha value is -1.85. The lowest BCUT2D eigenvalue weighted by Crippen LogP contribution is -2.35. The Morgan fingerprint density at radius 3 is 2.84 bits per heavy atom. The summed E-state index contributed by atoms with van der Waals surface area (Å²) in [6.45, 7) is 0.796. The van der Waals surface area contributed by atoms with Gasteiger partial charge >= 0.3 is 0 Å². The van der Waals surface area contributed by atoms with E-state index in [0.717, 1.165) is 19.3 Å². The fourth-order valence-electron chi connectivity index (χ4n) is 2.97. The highest BCUT2D eigenvalue weighted by molar-refractivity contribution is 5.81. The van der Waals surface area contributed by atoms with Gasteiger partial charge in [0.15, 0.2) is 17.7 Å². The number of anilines is 1. The maximum Gasteiger partial charge on any atom is 0.167 e. The van der Waals surface area contributed by atoms with E-state index in [4.69, 9.17) is 20.9 Å². The molecule has 1 aliphatic heterocycles. The number of aliphatic hydroxyl groups excluding tert-OH is 2. The van der Waals surface area contributed by atoms with E-state index in [9.17, 15) is 10.2 Å². The van der Waals surface area contributed by atoms with Crippen molar-refractivity contribution >= 4 is 17.0 Å². The van der Waals surface area contributed by atoms with E-state index in [0.29, 0.717) is 24.3 Å². The van der Waals surface area contributed by atoms with Crippen LogP contribution >= 0.6 is 0 Å². The van der Waals surface area contributed by atoms with Crippen molar-refractivity contribution in [2.75, 3.05) is 25.5 Å². The number of hydrogen-bond donors (Lipinski definition) is 4. The number of nitrogen functional groups attached to an aromatic ring is 1. The summed E-state index contributed by atoms with van der Waals surface area (Å²) in [6, 6.07) is 0. The van der Waals surface area contributed by atoms with Crippen LogP contribution < -0.4 is 11.5 Å². The smallest absolute Gasteiger partial charge is 0.167 e. The van der Waals surface area contributed by atoms with Crippen LogP contribution in [0.15, 0.2) is 12.7 Å². The number of aliphatic hydroxyl groups is 2. The molecule has 10 heteroatoms. The molecule has 0 spiro atoms. The molecule has 10 nitrogen and oxygen atoms in total. The summed E-state index contributed by atoms with van der Waals surface area (Å²) >= 11 is 0. The van der Waals surface area contributed by atoms with Crippen molar-refractivity contribution < 1.29 is 19.7 Å². The lowest BCUT2D eigenvalue weighted by atomic mass is 10.1. The minimum absolute atomic E-state index is 0.264. The Morgan fingerprint density at radius 2 is 2.08 bits per heavy atom. The topological polar surface area (TPSA) is 155 Å². The number of nitrogens with zero attached hydrogens (tertiary/aromatic N) is 4. The molecule has 1 fully saturated rings. The molecule has 0 aromatic carbocycles. The molecule has 2 aromatic heterocycles. The van der Waals surface area contributed by atoms with Gasteiger partial charge in [-0.2, -0.15) is 0 Å². The lowest BCUT2D eigenvalue weighted by molar-refractivity contribution is -0.0711. The van der Waals surface area contributed by atoms with Gasteiger partial charge in [-0.1, -0.05) is 0 Å². The molecule has 0 amide bonds. The van der Waals surface area contributed by atoms with Crippen LogP contribution in [0.25, 0.3) is 11.2 Å². The maximum atomic E-state index is 10.4. The van der Waals surface area contributed by atoms with Gasteiger partial charge in [-0.15, -0.1) is 0 Å². The average Bonchev–Trinajstić information content (AvgIpc) is 3.17. The van der Waals surface area contributed by atoms with E-state index in [1.54, 1.807) is 4.57 Å². The van der Waals surface area contributed by atoms with Crippen molar-refractivity contribution in [2.45, 2.75) is 43.8 Å². The largest absolute Gasteiger partial charge is 0.394 e. The van der Waals surface area contributed by atoms with Gasteiger partial charge in [0, 0.05) is 6.61 Å². The molecule has 0 bridgehead atoms. The number of unbranched alkanes of at least 4 members (excludes halogenated alkanes) is 2. The molecule has 1 aliphatic rings. The summed E-state index contributed by atoms with van der Waals surface area (Å²) in [5.74, 6) is 0.264. The van der Waals surface area contributed by atoms with Crippen LogP contribution in [0.4, 0.5) is 5.82 Å². The molecule has 1 saturated heterocycles. The van der Waals surface area contributed by atoms with Crippen LogP contribution in [0.5, 0.6) is 0 Å². The summed E-state index contributed by atoms with van der Waals surface area (Å²) in [6.07, 6.45) is 2.56. The van der Waals surface area contributed by atoms with Gasteiger partial charge in [0.2, 0.25) is 0 Å². The number of hydrogen-bond acceptors (Lipinski definition) is 9. The summed E-state index contributed by atoms with van der Waals surface area (Å²) in [5.41, 5.74) is 12.2. The van der Waals surface area contributed by atoms with E-state index in [1.165, 1.54) is 12.7 Å². The third kappa shape index (κ3) is 3.58. The van der Waals surface area contributed by atoms with Crippen LogP contribution in [0.2, 0.25) is 0 Å². The number of nitrogens with two attached hydrogens (primary N) is 2. The van der Waals surface area contributed by atoms with E-state index in [2.05, 4.69) is 15.0 Å². The number of rotatable bonds is 8. The molecule has 0 radical (unpaired) electrons. The highest BCUT2D eigenvalue weighted by atomic mass is 16.6. The van der Waals surface area contributed by atoms with E-state index in [1.807, 2.05) is 0 Å². The van der Waals surface area contributed by atoms with Crippen LogP contribution in [-0.2, 0) is 9.47 Å². The Labute approximate surface area is 144 Å². The number of imidazole rings is 1. The monoisotopic (exact) mass is 352 g/mol. The molecular weight excluding hydrogens is 328 g/mol. The number of fused-ring (bicyclic) bond motifs is 1. The molecule has 4 atom stereocenters. The van der Waals surface area contributed by atoms with Crippen molar-refractivity contribution in [1.82, 2.24) is 19.5 Å².